The maximum atomic E-state index is 11.9. The highest BCUT2D eigenvalue weighted by Gasteiger charge is 2.02. The van der Waals surface area contributed by atoms with Crippen molar-refractivity contribution in [2.45, 2.75) is 6.61 Å². The van der Waals surface area contributed by atoms with Gasteiger partial charge in [0.1, 0.15) is 12.4 Å². The van der Waals surface area contributed by atoms with Crippen LogP contribution in [-0.2, 0) is 11.4 Å². The molecular weight excluding hydrogens is 409 g/mol. The number of amides is 1. The molecule has 3 rings (SSSR count). The Morgan fingerprint density at radius 1 is 1.00 bits per heavy atom. The number of ether oxygens (including phenoxy) is 1. The van der Waals surface area contributed by atoms with E-state index in [1.807, 2.05) is 48.5 Å². The summed E-state index contributed by atoms with van der Waals surface area (Å²) in [6.07, 6.45) is 1.56. The third kappa shape index (κ3) is 6.82. The number of benzene rings is 3. The fourth-order valence-electron chi connectivity index (χ4n) is 2.43. The van der Waals surface area contributed by atoms with Gasteiger partial charge in [-0.1, -0.05) is 53.5 Å². The molecule has 0 bridgehead atoms. The second-order valence-corrected chi connectivity index (χ2v) is 6.95. The van der Waals surface area contributed by atoms with Gasteiger partial charge in [-0.25, -0.2) is 5.43 Å². The average molecular weight is 428 g/mol. The van der Waals surface area contributed by atoms with E-state index in [2.05, 4.69) is 15.8 Å². The van der Waals surface area contributed by atoms with Gasteiger partial charge in [-0.2, -0.15) is 5.10 Å². The molecule has 3 aromatic carbocycles. The normalized spacial score (nSPS) is 10.7. The molecule has 0 unspecified atom stereocenters. The van der Waals surface area contributed by atoms with Crippen molar-refractivity contribution >= 4 is 41.0 Å². The zero-order valence-corrected chi connectivity index (χ0v) is 17.0. The molecule has 1 amide bonds. The van der Waals surface area contributed by atoms with Crippen molar-refractivity contribution in [3.05, 3.63) is 94.0 Å². The van der Waals surface area contributed by atoms with E-state index < -0.39 is 0 Å². The lowest BCUT2D eigenvalue weighted by Gasteiger charge is -2.08. The van der Waals surface area contributed by atoms with Crippen molar-refractivity contribution in [1.82, 2.24) is 5.43 Å². The predicted molar refractivity (Wildman–Crippen MR) is 118 cm³/mol. The Kier molecular flexibility index (Phi) is 7.50. The average Bonchev–Trinajstić information content (AvgIpc) is 2.73. The molecule has 0 heterocycles. The molecule has 0 aliphatic carbocycles. The molecule has 0 saturated heterocycles. The van der Waals surface area contributed by atoms with Gasteiger partial charge in [-0.3, -0.25) is 4.79 Å². The first-order chi connectivity index (χ1) is 14.1. The summed E-state index contributed by atoms with van der Waals surface area (Å²) in [6.45, 7) is 0.466. The first kappa shape index (κ1) is 20.7. The Morgan fingerprint density at radius 3 is 2.59 bits per heavy atom. The van der Waals surface area contributed by atoms with Crippen molar-refractivity contribution in [3.63, 3.8) is 0 Å². The molecule has 0 aliphatic heterocycles. The topological polar surface area (TPSA) is 62.7 Å². The number of hydrogen-bond acceptors (Lipinski definition) is 4. The zero-order valence-electron chi connectivity index (χ0n) is 15.4. The number of carbonyl (C=O) groups is 1. The number of nitrogens with one attached hydrogen (secondary N) is 2. The Labute approximate surface area is 179 Å². The van der Waals surface area contributed by atoms with E-state index in [9.17, 15) is 4.79 Å². The number of hydrogen-bond donors (Lipinski definition) is 2. The number of hydrazone groups is 1. The standard InChI is InChI=1S/C22H19Cl2N3O2/c23-18-8-10-19(11-9-18)25-14-22(28)27-26-13-16-4-3-6-20(12-16)29-15-17-5-1-2-7-21(17)24/h1-13,25H,14-15H2,(H,27,28)/b26-13-. The van der Waals surface area contributed by atoms with Crippen LogP contribution in [0.4, 0.5) is 5.69 Å². The van der Waals surface area contributed by atoms with Gasteiger partial charge in [-0.15, -0.1) is 0 Å². The van der Waals surface area contributed by atoms with E-state index >= 15 is 0 Å². The Bertz CT molecular complexity index is 991. The molecule has 0 radical (unpaired) electrons. The van der Waals surface area contributed by atoms with Gasteiger partial charge in [0.2, 0.25) is 0 Å². The number of anilines is 1. The molecule has 0 aromatic heterocycles. The molecule has 29 heavy (non-hydrogen) atoms. The van der Waals surface area contributed by atoms with Crippen LogP contribution in [0.5, 0.6) is 5.75 Å². The third-order valence-corrected chi connectivity index (χ3v) is 4.53. The second kappa shape index (κ2) is 10.5. The van der Waals surface area contributed by atoms with Gasteiger partial charge in [0.05, 0.1) is 12.8 Å². The molecule has 0 aliphatic rings. The highest BCUT2D eigenvalue weighted by molar-refractivity contribution is 6.31. The SMILES string of the molecule is O=C(CNc1ccc(Cl)cc1)N/N=C\c1cccc(OCc2ccccc2Cl)c1. The summed E-state index contributed by atoms with van der Waals surface area (Å²) in [5.74, 6) is 0.423. The van der Waals surface area contributed by atoms with Gasteiger partial charge >= 0.3 is 0 Å². The molecule has 0 spiro atoms. The van der Waals surface area contributed by atoms with Gasteiger partial charge in [0.15, 0.2) is 0 Å². The second-order valence-electron chi connectivity index (χ2n) is 6.11. The lowest BCUT2D eigenvalue weighted by molar-refractivity contribution is -0.119. The van der Waals surface area contributed by atoms with Gasteiger partial charge in [-0.05, 0) is 48.0 Å². The van der Waals surface area contributed by atoms with Crippen molar-refractivity contribution < 1.29 is 9.53 Å². The van der Waals surface area contributed by atoms with Crippen LogP contribution in [0, 0.1) is 0 Å². The minimum absolute atomic E-state index is 0.0972. The smallest absolute Gasteiger partial charge is 0.259 e. The molecule has 148 valence electrons. The predicted octanol–water partition coefficient (Wildman–Crippen LogP) is 5.13. The third-order valence-electron chi connectivity index (χ3n) is 3.91. The summed E-state index contributed by atoms with van der Waals surface area (Å²) in [4.78, 5) is 11.9. The first-order valence-electron chi connectivity index (χ1n) is 8.88. The van der Waals surface area contributed by atoms with E-state index in [-0.39, 0.29) is 12.5 Å². The van der Waals surface area contributed by atoms with Gasteiger partial charge < -0.3 is 10.1 Å². The minimum atomic E-state index is -0.262. The summed E-state index contributed by atoms with van der Waals surface area (Å²) < 4.78 is 5.78. The monoisotopic (exact) mass is 427 g/mol. The molecule has 5 nitrogen and oxygen atoms in total. The molecule has 0 saturated carbocycles. The summed E-state index contributed by atoms with van der Waals surface area (Å²) in [6, 6.07) is 22.0. The van der Waals surface area contributed by atoms with E-state index in [1.54, 1.807) is 30.5 Å². The lowest BCUT2D eigenvalue weighted by Crippen LogP contribution is -2.25. The number of rotatable bonds is 8. The zero-order chi connectivity index (χ0) is 20.5. The molecule has 2 N–H and O–H groups in total. The van der Waals surface area contributed by atoms with Crippen LogP contribution >= 0.6 is 23.2 Å². The van der Waals surface area contributed by atoms with Crippen molar-refractivity contribution in [3.8, 4) is 5.75 Å². The van der Waals surface area contributed by atoms with E-state index in [0.29, 0.717) is 22.4 Å². The van der Waals surface area contributed by atoms with Gasteiger partial charge in [0, 0.05) is 21.3 Å². The van der Waals surface area contributed by atoms with Crippen LogP contribution in [0.25, 0.3) is 0 Å². The maximum Gasteiger partial charge on any atom is 0.259 e. The van der Waals surface area contributed by atoms with E-state index in [0.717, 1.165) is 16.8 Å². The van der Waals surface area contributed by atoms with Crippen LogP contribution in [0.15, 0.2) is 77.9 Å². The largest absolute Gasteiger partial charge is 0.489 e. The Balaban J connectivity index is 1.47. The highest BCUT2D eigenvalue weighted by atomic mass is 35.5. The molecular formula is C22H19Cl2N3O2. The molecule has 3 aromatic rings. The first-order valence-corrected chi connectivity index (χ1v) is 9.63. The summed E-state index contributed by atoms with van der Waals surface area (Å²) in [7, 11) is 0. The number of carbonyl (C=O) groups excluding carboxylic acids is 1. The Hall–Kier alpha value is -3.02. The molecule has 7 heteroatoms. The van der Waals surface area contributed by atoms with Crippen LogP contribution in [0.2, 0.25) is 10.0 Å². The summed E-state index contributed by atoms with van der Waals surface area (Å²) in [5, 5.41) is 8.28. The molecule has 0 fully saturated rings. The fraction of sp³-hybridized carbons (Fsp3) is 0.0909. The van der Waals surface area contributed by atoms with E-state index in [4.69, 9.17) is 27.9 Å². The highest BCUT2D eigenvalue weighted by Crippen LogP contribution is 2.19. The van der Waals surface area contributed by atoms with Crippen LogP contribution in [0.1, 0.15) is 11.1 Å². The number of halogens is 2. The fourth-order valence-corrected chi connectivity index (χ4v) is 2.75. The molecule has 0 atom stereocenters. The summed E-state index contributed by atoms with van der Waals surface area (Å²) >= 11 is 12.0. The quantitative estimate of drug-likeness (QED) is 0.386. The number of nitrogens with zero attached hydrogens (tertiary/aromatic N) is 1. The van der Waals surface area contributed by atoms with E-state index in [1.165, 1.54) is 0 Å². The Morgan fingerprint density at radius 2 is 1.79 bits per heavy atom. The van der Waals surface area contributed by atoms with Gasteiger partial charge in [0.25, 0.3) is 5.91 Å². The van der Waals surface area contributed by atoms with Crippen LogP contribution in [-0.4, -0.2) is 18.7 Å². The van der Waals surface area contributed by atoms with Crippen LogP contribution < -0.4 is 15.5 Å². The minimum Gasteiger partial charge on any atom is -0.489 e. The van der Waals surface area contributed by atoms with Crippen molar-refractivity contribution in [2.24, 2.45) is 5.10 Å². The van der Waals surface area contributed by atoms with Crippen LogP contribution in [0.3, 0.4) is 0 Å². The van der Waals surface area contributed by atoms with Crippen molar-refractivity contribution in [1.29, 1.82) is 0 Å². The summed E-state index contributed by atoms with van der Waals surface area (Å²) in [5.41, 5.74) is 4.99. The van der Waals surface area contributed by atoms with Crippen molar-refractivity contribution in [2.75, 3.05) is 11.9 Å². The maximum absolute atomic E-state index is 11.9. The lowest BCUT2D eigenvalue weighted by atomic mass is 10.2.